The fourth-order valence-electron chi connectivity index (χ4n) is 4.70. The number of carboxylic acid groups (broad SMARTS) is 1. The Morgan fingerprint density at radius 2 is 1.72 bits per heavy atom. The van der Waals surface area contributed by atoms with Gasteiger partial charge in [0.05, 0.1) is 29.9 Å². The molecule has 0 amide bonds. The van der Waals surface area contributed by atoms with Gasteiger partial charge in [-0.1, -0.05) is 0 Å². The molecular weight excluding hydrogens is 484 g/mol. The van der Waals surface area contributed by atoms with Gasteiger partial charge >= 0.3 is 11.9 Å². The van der Waals surface area contributed by atoms with Gasteiger partial charge in [-0.25, -0.2) is 9.59 Å². The Balaban J connectivity index is 1.61. The summed E-state index contributed by atoms with van der Waals surface area (Å²) in [7, 11) is 0. The summed E-state index contributed by atoms with van der Waals surface area (Å²) in [6.45, 7) is -1.21. The van der Waals surface area contributed by atoms with E-state index in [9.17, 15) is 50.1 Å². The monoisotopic (exact) mass is 508 g/mol. The van der Waals surface area contributed by atoms with Gasteiger partial charge < -0.3 is 50.0 Å². The molecule has 0 bridgehead atoms. The number of aliphatic hydroxyl groups is 4. The van der Waals surface area contributed by atoms with Crippen LogP contribution < -0.4 is 0 Å². The number of carbonyl (C=O) groups is 3. The maximum Gasteiger partial charge on any atom is 0.338 e. The van der Waals surface area contributed by atoms with Crippen LogP contribution in [0, 0.1) is 11.8 Å². The van der Waals surface area contributed by atoms with Crippen molar-refractivity contribution in [1.29, 1.82) is 0 Å². The van der Waals surface area contributed by atoms with Crippen molar-refractivity contribution in [1.82, 2.24) is 0 Å². The lowest BCUT2D eigenvalue weighted by atomic mass is 9.76. The van der Waals surface area contributed by atoms with E-state index in [0.717, 1.165) is 24.5 Å². The zero-order valence-electron chi connectivity index (χ0n) is 18.5. The van der Waals surface area contributed by atoms with Crippen molar-refractivity contribution < 1.29 is 64.3 Å². The molecule has 4 unspecified atom stereocenters. The van der Waals surface area contributed by atoms with Crippen LogP contribution in [0.2, 0.25) is 0 Å². The number of rotatable bonds is 6. The third-order valence-electron chi connectivity index (χ3n) is 6.54. The Bertz CT molecular complexity index is 1120. The van der Waals surface area contributed by atoms with Gasteiger partial charge in [-0.2, -0.15) is 0 Å². The van der Waals surface area contributed by atoms with E-state index < -0.39 is 90.9 Å². The molecule has 1 saturated heterocycles. The highest BCUT2D eigenvalue weighted by molar-refractivity contribution is 6.04. The molecule has 2 heterocycles. The van der Waals surface area contributed by atoms with Crippen LogP contribution in [-0.4, -0.2) is 103 Å². The lowest BCUT2D eigenvalue weighted by Gasteiger charge is -2.46. The first-order valence-electron chi connectivity index (χ1n) is 10.9. The second kappa shape index (κ2) is 9.87. The summed E-state index contributed by atoms with van der Waals surface area (Å²) in [5.41, 5.74) is -0.356. The zero-order valence-corrected chi connectivity index (χ0v) is 18.5. The minimum atomic E-state index is -1.74. The molecule has 0 aromatic heterocycles. The number of benzene rings is 1. The average molecular weight is 508 g/mol. The molecule has 0 spiro atoms. The minimum Gasteiger partial charge on any atom is -0.504 e. The summed E-state index contributed by atoms with van der Waals surface area (Å²) in [6, 6.07) is 3.24. The summed E-state index contributed by atoms with van der Waals surface area (Å²) in [6.07, 6.45) is -7.12. The smallest absolute Gasteiger partial charge is 0.338 e. The first-order valence-corrected chi connectivity index (χ1v) is 10.9. The van der Waals surface area contributed by atoms with E-state index in [1.807, 2.05) is 0 Å². The number of phenols is 2. The van der Waals surface area contributed by atoms with Gasteiger partial charge in [0.15, 0.2) is 17.3 Å². The summed E-state index contributed by atoms with van der Waals surface area (Å²) in [5.74, 6) is -6.36. The number of hydrogen-bond acceptors (Lipinski definition) is 12. The van der Waals surface area contributed by atoms with E-state index in [2.05, 4.69) is 0 Å². The molecule has 1 fully saturated rings. The second-order valence-corrected chi connectivity index (χ2v) is 8.68. The SMILES string of the molecule is O=C(O)C1=COC(C2O[C@H](CO)[C@@H](O)[C@H](O)[C@H]2O)C2C(COC(=O)c3ccc(O)c(O)c3)=CC(=O)C12. The average Bonchev–Trinajstić information content (AvgIpc) is 3.19. The molecule has 0 saturated carbocycles. The molecule has 1 aromatic carbocycles. The number of allylic oxidation sites excluding steroid dienone is 1. The van der Waals surface area contributed by atoms with E-state index >= 15 is 0 Å². The van der Waals surface area contributed by atoms with Crippen molar-refractivity contribution in [2.24, 2.45) is 11.8 Å². The molecule has 4 rings (SSSR count). The maximum absolute atomic E-state index is 12.8. The Kier molecular flexibility index (Phi) is 7.02. The Morgan fingerprint density at radius 1 is 1.00 bits per heavy atom. The molecule has 13 heteroatoms. The van der Waals surface area contributed by atoms with Crippen LogP contribution in [-0.2, 0) is 23.8 Å². The molecule has 2 aliphatic heterocycles. The van der Waals surface area contributed by atoms with Crippen molar-refractivity contribution in [3.8, 4) is 11.5 Å². The molecule has 194 valence electrons. The van der Waals surface area contributed by atoms with Crippen LogP contribution in [0.5, 0.6) is 11.5 Å². The number of aliphatic carboxylic acids is 1. The number of esters is 1. The summed E-state index contributed by atoms with van der Waals surface area (Å²) in [5, 5.41) is 68.9. The van der Waals surface area contributed by atoms with Crippen molar-refractivity contribution in [2.75, 3.05) is 13.2 Å². The van der Waals surface area contributed by atoms with Crippen LogP contribution in [0.3, 0.4) is 0 Å². The molecule has 36 heavy (non-hydrogen) atoms. The van der Waals surface area contributed by atoms with Gasteiger partial charge in [-0.05, 0) is 29.8 Å². The van der Waals surface area contributed by atoms with Crippen molar-refractivity contribution in [3.05, 3.63) is 47.2 Å². The van der Waals surface area contributed by atoms with Crippen molar-refractivity contribution >= 4 is 17.7 Å². The summed E-state index contributed by atoms with van der Waals surface area (Å²) >= 11 is 0. The summed E-state index contributed by atoms with van der Waals surface area (Å²) in [4.78, 5) is 37.0. The largest absolute Gasteiger partial charge is 0.504 e. The van der Waals surface area contributed by atoms with Gasteiger partial charge in [0.25, 0.3) is 0 Å². The van der Waals surface area contributed by atoms with Crippen LogP contribution in [0.25, 0.3) is 0 Å². The van der Waals surface area contributed by atoms with Crippen LogP contribution >= 0.6 is 0 Å². The number of aliphatic hydroxyl groups excluding tert-OH is 4. The summed E-state index contributed by atoms with van der Waals surface area (Å²) < 4.78 is 16.4. The Hall–Kier alpha value is -3.49. The Labute approximate surface area is 203 Å². The van der Waals surface area contributed by atoms with Crippen LogP contribution in [0.15, 0.2) is 41.7 Å². The highest BCUT2D eigenvalue weighted by Crippen LogP contribution is 2.44. The van der Waals surface area contributed by atoms with Crippen molar-refractivity contribution in [2.45, 2.75) is 36.6 Å². The highest BCUT2D eigenvalue weighted by Gasteiger charge is 2.56. The lowest BCUT2D eigenvalue weighted by molar-refractivity contribution is -0.255. The Morgan fingerprint density at radius 3 is 2.36 bits per heavy atom. The third-order valence-corrected chi connectivity index (χ3v) is 6.54. The molecule has 13 nitrogen and oxygen atoms in total. The van der Waals surface area contributed by atoms with Gasteiger partial charge in [-0.15, -0.1) is 0 Å². The number of aromatic hydroxyl groups is 2. The second-order valence-electron chi connectivity index (χ2n) is 8.68. The van der Waals surface area contributed by atoms with Crippen LogP contribution in [0.1, 0.15) is 10.4 Å². The highest BCUT2D eigenvalue weighted by atomic mass is 16.6. The standard InChI is InChI=1S/C23H24O13/c24-5-14-17(28)18(29)19(30)21(36-14)20-15-9(4-13(27)16(15)10(7-34-20)22(31)32)6-35-23(33)8-1-2-11(25)12(26)3-8/h1-4,7,14-21,24-26,28-30H,5-6H2,(H,31,32)/t14-,15?,16?,17-,18+,19-,20?,21?/m1/s1. The minimum absolute atomic E-state index is 0.108. The third kappa shape index (κ3) is 4.42. The fourth-order valence-corrected chi connectivity index (χ4v) is 4.70. The molecule has 0 radical (unpaired) electrons. The molecule has 1 aromatic rings. The van der Waals surface area contributed by atoms with Crippen LogP contribution in [0.4, 0.5) is 0 Å². The fraction of sp³-hybridized carbons (Fsp3) is 0.435. The molecule has 3 aliphatic rings. The number of carboxylic acids is 1. The van der Waals surface area contributed by atoms with E-state index in [-0.39, 0.29) is 16.7 Å². The topological polar surface area (TPSA) is 221 Å². The van der Waals surface area contributed by atoms with E-state index in [4.69, 9.17) is 14.2 Å². The quantitative estimate of drug-likeness (QED) is 0.167. The van der Waals surface area contributed by atoms with E-state index in [0.29, 0.717) is 0 Å². The van der Waals surface area contributed by atoms with Gasteiger partial charge in [0, 0.05) is 5.92 Å². The number of phenolic OH excluding ortho intramolecular Hbond substituents is 2. The first-order chi connectivity index (χ1) is 17.0. The molecular formula is C23H24O13. The van der Waals surface area contributed by atoms with E-state index in [1.165, 1.54) is 6.07 Å². The first kappa shape index (κ1) is 25.6. The molecule has 8 atom stereocenters. The van der Waals surface area contributed by atoms with Gasteiger partial charge in [0.2, 0.25) is 0 Å². The number of ketones is 1. The molecule has 1 aliphatic carbocycles. The lowest BCUT2D eigenvalue weighted by Crippen LogP contribution is -2.63. The van der Waals surface area contributed by atoms with Gasteiger partial charge in [0.1, 0.15) is 43.2 Å². The van der Waals surface area contributed by atoms with E-state index in [1.54, 1.807) is 0 Å². The number of carbonyl (C=O) groups excluding carboxylic acids is 2. The predicted octanol–water partition coefficient (Wildman–Crippen LogP) is -1.79. The van der Waals surface area contributed by atoms with Crippen molar-refractivity contribution in [3.63, 3.8) is 0 Å². The molecule has 7 N–H and O–H groups in total. The number of ether oxygens (including phenoxy) is 3. The number of hydrogen-bond donors (Lipinski definition) is 7. The number of fused-ring (bicyclic) bond motifs is 1. The predicted molar refractivity (Wildman–Crippen MR) is 114 cm³/mol. The zero-order chi connectivity index (χ0) is 26.3. The maximum atomic E-state index is 12.8. The van der Waals surface area contributed by atoms with Gasteiger partial charge in [-0.3, -0.25) is 4.79 Å². The normalized spacial score (nSPS) is 33.7.